The van der Waals surface area contributed by atoms with Crippen molar-refractivity contribution in [3.63, 3.8) is 0 Å². The summed E-state index contributed by atoms with van der Waals surface area (Å²) in [6, 6.07) is 65.6. The van der Waals surface area contributed by atoms with Crippen molar-refractivity contribution in [2.45, 2.75) is 0 Å². The van der Waals surface area contributed by atoms with Crippen molar-refractivity contribution in [3.05, 3.63) is 182 Å². The molecule has 0 fully saturated rings. The highest BCUT2D eigenvalue weighted by Gasteiger charge is 2.21. The molecule has 238 valence electrons. The SMILES string of the molecule is c1ccc(-c2cc(-c3ccccc3)cc(-n3c4ccccc4c4cc5c(cc43)c3ccccc3n5-c3cccc4oc5ccccc5c34)c2)cc1. The Morgan fingerprint density at radius 3 is 1.47 bits per heavy atom. The van der Waals surface area contributed by atoms with Crippen molar-refractivity contribution < 1.29 is 4.42 Å². The van der Waals surface area contributed by atoms with Crippen molar-refractivity contribution >= 4 is 65.6 Å². The van der Waals surface area contributed by atoms with Crippen molar-refractivity contribution in [1.29, 1.82) is 0 Å². The van der Waals surface area contributed by atoms with Crippen LogP contribution in [0.25, 0.3) is 99.2 Å². The Kier molecular flexibility index (Phi) is 5.96. The fraction of sp³-hybridized carbons (Fsp3) is 0. The number of rotatable bonds is 4. The van der Waals surface area contributed by atoms with E-state index in [1.165, 1.54) is 65.9 Å². The summed E-state index contributed by atoms with van der Waals surface area (Å²) in [5.41, 5.74) is 13.5. The number of hydrogen-bond donors (Lipinski definition) is 0. The maximum absolute atomic E-state index is 6.36. The fourth-order valence-electron chi connectivity index (χ4n) is 8.25. The maximum atomic E-state index is 6.36. The van der Waals surface area contributed by atoms with Crippen LogP contribution >= 0.6 is 0 Å². The van der Waals surface area contributed by atoms with Crippen molar-refractivity contribution in [2.24, 2.45) is 0 Å². The summed E-state index contributed by atoms with van der Waals surface area (Å²) in [6.45, 7) is 0. The summed E-state index contributed by atoms with van der Waals surface area (Å²) in [6.07, 6.45) is 0. The minimum Gasteiger partial charge on any atom is -0.456 e. The van der Waals surface area contributed by atoms with Crippen molar-refractivity contribution in [1.82, 2.24) is 9.13 Å². The zero-order chi connectivity index (χ0) is 33.5. The van der Waals surface area contributed by atoms with Crippen LogP contribution in [0.3, 0.4) is 0 Å². The van der Waals surface area contributed by atoms with Crippen LogP contribution in [0.5, 0.6) is 0 Å². The van der Waals surface area contributed by atoms with Gasteiger partial charge in [0.2, 0.25) is 0 Å². The third-order valence-electron chi connectivity index (χ3n) is 10.5. The smallest absolute Gasteiger partial charge is 0.137 e. The number of hydrogen-bond acceptors (Lipinski definition) is 1. The molecule has 0 bridgehead atoms. The van der Waals surface area contributed by atoms with E-state index in [1.54, 1.807) is 0 Å². The van der Waals surface area contributed by atoms with Crippen LogP contribution in [0.15, 0.2) is 186 Å². The van der Waals surface area contributed by atoms with Gasteiger partial charge >= 0.3 is 0 Å². The molecule has 0 aliphatic rings. The molecule has 0 saturated carbocycles. The molecule has 0 saturated heterocycles. The summed E-state index contributed by atoms with van der Waals surface area (Å²) < 4.78 is 11.3. The molecule has 0 N–H and O–H groups in total. The lowest BCUT2D eigenvalue weighted by atomic mass is 9.98. The first-order valence-electron chi connectivity index (χ1n) is 17.4. The van der Waals surface area contributed by atoms with Gasteiger partial charge in [0.05, 0.1) is 33.1 Å². The molecule has 0 atom stereocenters. The van der Waals surface area contributed by atoms with Crippen LogP contribution in [-0.4, -0.2) is 9.13 Å². The summed E-state index contributed by atoms with van der Waals surface area (Å²) in [5, 5.41) is 7.14. The predicted molar refractivity (Wildman–Crippen MR) is 213 cm³/mol. The molecule has 0 aliphatic carbocycles. The van der Waals surface area contributed by atoms with Gasteiger partial charge in [0, 0.05) is 32.6 Å². The van der Waals surface area contributed by atoms with Gasteiger partial charge in [-0.05, 0) is 82.9 Å². The second kappa shape index (κ2) is 10.8. The van der Waals surface area contributed by atoms with Gasteiger partial charge in [-0.2, -0.15) is 0 Å². The van der Waals surface area contributed by atoms with Crippen LogP contribution < -0.4 is 0 Å². The molecule has 11 rings (SSSR count). The normalized spacial score (nSPS) is 11.9. The quantitative estimate of drug-likeness (QED) is 0.186. The van der Waals surface area contributed by atoms with Gasteiger partial charge in [-0.3, -0.25) is 0 Å². The Bertz CT molecular complexity index is 3070. The number of benzene rings is 8. The maximum Gasteiger partial charge on any atom is 0.137 e. The van der Waals surface area contributed by atoms with Gasteiger partial charge in [0.25, 0.3) is 0 Å². The molecule has 0 unspecified atom stereocenters. The van der Waals surface area contributed by atoms with Crippen LogP contribution in [0.1, 0.15) is 0 Å². The number of aromatic nitrogens is 2. The third kappa shape index (κ3) is 4.19. The first-order valence-corrected chi connectivity index (χ1v) is 17.4. The average molecular weight is 651 g/mol. The van der Waals surface area contributed by atoms with Crippen LogP contribution in [-0.2, 0) is 0 Å². The minimum absolute atomic E-state index is 0.893. The van der Waals surface area contributed by atoms with E-state index >= 15 is 0 Å². The third-order valence-corrected chi connectivity index (χ3v) is 10.5. The Labute approximate surface area is 293 Å². The molecular weight excluding hydrogens is 621 g/mol. The van der Waals surface area contributed by atoms with Gasteiger partial charge in [-0.15, -0.1) is 0 Å². The molecule has 3 heteroatoms. The molecule has 8 aromatic carbocycles. The Morgan fingerprint density at radius 2 is 0.824 bits per heavy atom. The van der Waals surface area contributed by atoms with E-state index in [0.29, 0.717) is 0 Å². The highest BCUT2D eigenvalue weighted by molar-refractivity contribution is 6.20. The van der Waals surface area contributed by atoms with E-state index < -0.39 is 0 Å². The summed E-state index contributed by atoms with van der Waals surface area (Å²) >= 11 is 0. The molecule has 11 aromatic rings. The largest absolute Gasteiger partial charge is 0.456 e. The summed E-state index contributed by atoms with van der Waals surface area (Å²) in [4.78, 5) is 0. The molecule has 0 amide bonds. The van der Waals surface area contributed by atoms with E-state index in [9.17, 15) is 0 Å². The number of fused-ring (bicyclic) bond motifs is 9. The van der Waals surface area contributed by atoms with E-state index in [4.69, 9.17) is 4.42 Å². The molecule has 51 heavy (non-hydrogen) atoms. The zero-order valence-corrected chi connectivity index (χ0v) is 27.6. The lowest BCUT2D eigenvalue weighted by Gasteiger charge is -2.14. The molecule has 0 spiro atoms. The van der Waals surface area contributed by atoms with Crippen molar-refractivity contribution in [3.8, 4) is 33.6 Å². The first kappa shape index (κ1) is 28.0. The first-order chi connectivity index (χ1) is 25.3. The van der Waals surface area contributed by atoms with E-state index in [0.717, 1.165) is 33.3 Å². The second-order valence-corrected chi connectivity index (χ2v) is 13.3. The monoisotopic (exact) mass is 650 g/mol. The lowest BCUT2D eigenvalue weighted by Crippen LogP contribution is -1.96. The zero-order valence-electron chi connectivity index (χ0n) is 27.6. The molecular formula is C48H30N2O. The standard InChI is InChI=1S/C48H30N2O/c1-3-14-31(15-4-1)33-26-34(32-16-5-2-6-17-32)28-35(27-33)49-41-21-10-7-18-36(41)39-30-45-40(29-44(39)49)37-19-8-11-22-42(37)50(45)43-23-13-25-47-48(43)38-20-9-12-24-46(38)51-47/h1-30H. The lowest BCUT2D eigenvalue weighted by molar-refractivity contribution is 0.669. The highest BCUT2D eigenvalue weighted by atomic mass is 16.3. The number of furan rings is 1. The van der Waals surface area contributed by atoms with Gasteiger partial charge < -0.3 is 13.6 Å². The van der Waals surface area contributed by atoms with Gasteiger partial charge in [0.1, 0.15) is 11.2 Å². The van der Waals surface area contributed by atoms with E-state index in [2.05, 4.69) is 185 Å². The predicted octanol–water partition coefficient (Wildman–Crippen LogP) is 13.1. The van der Waals surface area contributed by atoms with Crippen LogP contribution in [0.2, 0.25) is 0 Å². The Hall–Kier alpha value is -6.84. The molecule has 3 heterocycles. The minimum atomic E-state index is 0.893. The Morgan fingerprint density at radius 1 is 0.314 bits per heavy atom. The van der Waals surface area contributed by atoms with Crippen LogP contribution in [0.4, 0.5) is 0 Å². The highest BCUT2D eigenvalue weighted by Crippen LogP contribution is 2.43. The van der Waals surface area contributed by atoms with Crippen molar-refractivity contribution in [2.75, 3.05) is 0 Å². The topological polar surface area (TPSA) is 23.0 Å². The molecule has 3 nitrogen and oxygen atoms in total. The summed E-state index contributed by atoms with van der Waals surface area (Å²) in [5.74, 6) is 0. The number of para-hydroxylation sites is 3. The molecule has 0 radical (unpaired) electrons. The second-order valence-electron chi connectivity index (χ2n) is 13.3. The average Bonchev–Trinajstić information content (AvgIpc) is 3.85. The molecule has 0 aliphatic heterocycles. The van der Waals surface area contributed by atoms with Gasteiger partial charge in [-0.25, -0.2) is 0 Å². The van der Waals surface area contributed by atoms with E-state index in [-0.39, 0.29) is 0 Å². The van der Waals surface area contributed by atoms with Gasteiger partial charge in [-0.1, -0.05) is 121 Å². The van der Waals surface area contributed by atoms with Crippen LogP contribution in [0, 0.1) is 0 Å². The molecule has 3 aromatic heterocycles. The Balaban J connectivity index is 1.25. The van der Waals surface area contributed by atoms with E-state index in [1.807, 2.05) is 6.07 Å². The summed E-state index contributed by atoms with van der Waals surface area (Å²) in [7, 11) is 0. The number of nitrogens with zero attached hydrogens (tertiary/aromatic N) is 2. The fourth-order valence-corrected chi connectivity index (χ4v) is 8.25. The van der Waals surface area contributed by atoms with Gasteiger partial charge in [0.15, 0.2) is 0 Å².